The summed E-state index contributed by atoms with van der Waals surface area (Å²) in [6.45, 7) is 2.00. The molecule has 1 amide bonds. The summed E-state index contributed by atoms with van der Waals surface area (Å²) in [5.74, 6) is 1.10. The van der Waals surface area contributed by atoms with Crippen LogP contribution in [0.1, 0.15) is 17.3 Å². The highest BCUT2D eigenvalue weighted by Crippen LogP contribution is 2.34. The first-order valence-corrected chi connectivity index (χ1v) is 10.3. The summed E-state index contributed by atoms with van der Waals surface area (Å²) in [6, 6.07) is 14.4. The van der Waals surface area contributed by atoms with Crippen LogP contribution in [0, 0.1) is 10.1 Å². The summed E-state index contributed by atoms with van der Waals surface area (Å²) in [4.78, 5) is 28.0. The Morgan fingerprint density at radius 3 is 2.50 bits per heavy atom. The van der Waals surface area contributed by atoms with Gasteiger partial charge in [0.25, 0.3) is 5.91 Å². The average Bonchev–Trinajstić information content (AvgIpc) is 3.27. The molecule has 0 aliphatic carbocycles. The van der Waals surface area contributed by atoms with Crippen LogP contribution in [-0.2, 0) is 0 Å². The van der Waals surface area contributed by atoms with Gasteiger partial charge in [0.05, 0.1) is 25.7 Å². The van der Waals surface area contributed by atoms with Crippen LogP contribution in [0.3, 0.4) is 0 Å². The van der Waals surface area contributed by atoms with E-state index in [9.17, 15) is 14.9 Å². The topological polar surface area (TPSA) is 126 Å². The third kappa shape index (κ3) is 4.46. The molecule has 0 unspecified atom stereocenters. The number of aromatic nitrogens is 1. The Morgan fingerprint density at radius 1 is 1.03 bits per heavy atom. The van der Waals surface area contributed by atoms with E-state index in [-0.39, 0.29) is 23.6 Å². The zero-order chi connectivity index (χ0) is 24.2. The number of oxazole rings is 1. The molecule has 0 saturated heterocycles. The van der Waals surface area contributed by atoms with Crippen molar-refractivity contribution < 1.29 is 28.3 Å². The molecule has 174 valence electrons. The van der Waals surface area contributed by atoms with Gasteiger partial charge in [0, 0.05) is 22.9 Å². The minimum absolute atomic E-state index is 0.107. The number of nitrogens with zero attached hydrogens (tertiary/aromatic N) is 2. The molecule has 0 atom stereocenters. The van der Waals surface area contributed by atoms with Gasteiger partial charge in [0.1, 0.15) is 5.52 Å². The first-order valence-electron chi connectivity index (χ1n) is 10.3. The highest BCUT2D eigenvalue weighted by molar-refractivity contribution is 6.05. The van der Waals surface area contributed by atoms with Crippen molar-refractivity contribution in [2.75, 3.05) is 26.1 Å². The molecule has 0 bridgehead atoms. The molecule has 10 nitrogen and oxygen atoms in total. The number of benzene rings is 3. The van der Waals surface area contributed by atoms with Gasteiger partial charge in [-0.1, -0.05) is 0 Å². The Morgan fingerprint density at radius 2 is 1.79 bits per heavy atom. The molecule has 1 heterocycles. The highest BCUT2D eigenvalue weighted by atomic mass is 16.6. The van der Waals surface area contributed by atoms with E-state index in [2.05, 4.69) is 10.3 Å². The predicted molar refractivity (Wildman–Crippen MR) is 125 cm³/mol. The zero-order valence-corrected chi connectivity index (χ0v) is 18.7. The smallest absolute Gasteiger partial charge is 0.311 e. The van der Waals surface area contributed by atoms with Gasteiger partial charge in [-0.05, 0) is 55.5 Å². The number of methoxy groups -OCH3 is 2. The molecule has 1 N–H and O–H groups in total. The van der Waals surface area contributed by atoms with Gasteiger partial charge >= 0.3 is 5.69 Å². The van der Waals surface area contributed by atoms with Crippen LogP contribution in [0.2, 0.25) is 0 Å². The number of hydrogen-bond acceptors (Lipinski definition) is 8. The molecule has 4 rings (SSSR count). The number of fused-ring (bicyclic) bond motifs is 1. The fourth-order valence-corrected chi connectivity index (χ4v) is 3.38. The van der Waals surface area contributed by atoms with Crippen LogP contribution >= 0.6 is 0 Å². The second kappa shape index (κ2) is 9.49. The van der Waals surface area contributed by atoms with Crippen molar-refractivity contribution in [3.8, 4) is 28.7 Å². The molecular formula is C24H21N3O7. The number of carbonyl (C=O) groups excluding carboxylic acids is 1. The quantitative estimate of drug-likeness (QED) is 0.283. The van der Waals surface area contributed by atoms with Crippen molar-refractivity contribution in [1.82, 2.24) is 4.98 Å². The normalized spacial score (nSPS) is 10.7. The van der Waals surface area contributed by atoms with Crippen molar-refractivity contribution in [3.63, 3.8) is 0 Å². The van der Waals surface area contributed by atoms with E-state index < -0.39 is 10.8 Å². The van der Waals surface area contributed by atoms with Crippen LogP contribution < -0.4 is 19.5 Å². The predicted octanol–water partition coefficient (Wildman–Crippen LogP) is 5.07. The van der Waals surface area contributed by atoms with Crippen LogP contribution in [0.15, 0.2) is 59.0 Å². The van der Waals surface area contributed by atoms with Crippen molar-refractivity contribution >= 4 is 28.4 Å². The maximum absolute atomic E-state index is 12.7. The van der Waals surface area contributed by atoms with Gasteiger partial charge in [-0.3, -0.25) is 14.9 Å². The maximum atomic E-state index is 12.7. The molecule has 34 heavy (non-hydrogen) atoms. The van der Waals surface area contributed by atoms with Crippen molar-refractivity contribution in [3.05, 3.63) is 70.3 Å². The maximum Gasteiger partial charge on any atom is 0.311 e. The monoisotopic (exact) mass is 463 g/mol. The van der Waals surface area contributed by atoms with Crippen LogP contribution in [-0.4, -0.2) is 36.6 Å². The highest BCUT2D eigenvalue weighted by Gasteiger charge is 2.19. The molecule has 0 spiro atoms. The van der Waals surface area contributed by atoms with Gasteiger partial charge < -0.3 is 23.9 Å². The second-order valence-corrected chi connectivity index (χ2v) is 7.10. The van der Waals surface area contributed by atoms with Crippen LogP contribution in [0.4, 0.5) is 11.4 Å². The van der Waals surface area contributed by atoms with Gasteiger partial charge in [-0.2, -0.15) is 0 Å². The summed E-state index contributed by atoms with van der Waals surface area (Å²) in [5.41, 5.74) is 2.06. The number of nitrogens with one attached hydrogen (secondary N) is 1. The molecule has 0 aliphatic rings. The lowest BCUT2D eigenvalue weighted by Gasteiger charge is -2.07. The van der Waals surface area contributed by atoms with E-state index in [0.717, 1.165) is 0 Å². The Balaban J connectivity index is 1.59. The molecule has 3 aromatic carbocycles. The zero-order valence-electron chi connectivity index (χ0n) is 18.7. The van der Waals surface area contributed by atoms with E-state index in [1.807, 2.05) is 0 Å². The third-order valence-corrected chi connectivity index (χ3v) is 4.99. The van der Waals surface area contributed by atoms with E-state index >= 15 is 0 Å². The minimum Gasteiger partial charge on any atom is -0.493 e. The lowest BCUT2D eigenvalue weighted by molar-refractivity contribution is -0.385. The molecule has 1 aromatic heterocycles. The Kier molecular flexibility index (Phi) is 6.30. The van der Waals surface area contributed by atoms with Crippen LogP contribution in [0.25, 0.3) is 22.6 Å². The molecule has 0 saturated carbocycles. The van der Waals surface area contributed by atoms with Gasteiger partial charge in [-0.25, -0.2) is 4.98 Å². The van der Waals surface area contributed by atoms with Gasteiger partial charge in [0.15, 0.2) is 22.8 Å². The summed E-state index contributed by atoms with van der Waals surface area (Å²) in [5, 5.41) is 14.1. The summed E-state index contributed by atoms with van der Waals surface area (Å²) in [6.07, 6.45) is 0. The molecule has 4 aromatic rings. The first kappa shape index (κ1) is 22.6. The van der Waals surface area contributed by atoms with Crippen molar-refractivity contribution in [1.29, 1.82) is 0 Å². The lowest BCUT2D eigenvalue weighted by Crippen LogP contribution is -2.12. The SMILES string of the molecule is CCOc1ccc(C(=O)Nc2ccc3oc(-c4ccc(OC)c(OC)c4)nc3c2)cc1[N+](=O)[O-]. The van der Waals surface area contributed by atoms with Gasteiger partial charge in [0.2, 0.25) is 5.89 Å². The summed E-state index contributed by atoms with van der Waals surface area (Å²) < 4.78 is 21.7. The molecule has 0 fully saturated rings. The van der Waals surface area contributed by atoms with E-state index in [4.69, 9.17) is 18.6 Å². The number of carbonyl (C=O) groups is 1. The van der Waals surface area contributed by atoms with Crippen molar-refractivity contribution in [2.24, 2.45) is 0 Å². The summed E-state index contributed by atoms with van der Waals surface area (Å²) in [7, 11) is 3.10. The largest absolute Gasteiger partial charge is 0.493 e. The number of amides is 1. The minimum atomic E-state index is -0.584. The lowest BCUT2D eigenvalue weighted by atomic mass is 10.1. The number of nitro groups is 1. The van der Waals surface area contributed by atoms with E-state index in [1.54, 1.807) is 57.5 Å². The molecule has 0 aliphatic heterocycles. The Labute approximate surface area is 194 Å². The Bertz CT molecular complexity index is 1380. The number of hydrogen-bond donors (Lipinski definition) is 1. The fraction of sp³-hybridized carbons (Fsp3) is 0.167. The fourth-order valence-electron chi connectivity index (χ4n) is 3.38. The number of nitro benzene ring substituents is 1. The van der Waals surface area contributed by atoms with E-state index in [1.165, 1.54) is 18.2 Å². The molecule has 0 radical (unpaired) electrons. The average molecular weight is 463 g/mol. The Hall–Kier alpha value is -4.60. The van der Waals surface area contributed by atoms with Gasteiger partial charge in [-0.15, -0.1) is 0 Å². The first-order chi connectivity index (χ1) is 16.4. The number of anilines is 1. The number of ether oxygens (including phenoxy) is 3. The second-order valence-electron chi connectivity index (χ2n) is 7.10. The third-order valence-electron chi connectivity index (χ3n) is 4.99. The summed E-state index contributed by atoms with van der Waals surface area (Å²) >= 11 is 0. The standard InChI is InChI=1S/C24H21N3O7/c1-4-33-20-8-5-14(11-18(20)27(29)30)23(28)25-16-7-10-19-17(13-16)26-24(34-19)15-6-9-21(31-2)22(12-15)32-3/h5-13H,4H2,1-3H3,(H,25,28). The van der Waals surface area contributed by atoms with E-state index in [0.29, 0.717) is 39.7 Å². The molecular weight excluding hydrogens is 442 g/mol. The number of rotatable bonds is 8. The van der Waals surface area contributed by atoms with Crippen molar-refractivity contribution in [2.45, 2.75) is 6.92 Å². The van der Waals surface area contributed by atoms with Crippen LogP contribution in [0.5, 0.6) is 17.2 Å². The molecule has 10 heteroatoms.